The number of nitrogens with zero attached hydrogens (tertiary/aromatic N) is 3. The topological polar surface area (TPSA) is 42.7 Å². The van der Waals surface area contributed by atoms with Crippen LogP contribution in [0.1, 0.15) is 11.1 Å². The molecular weight excluding hydrogens is 512 g/mol. The summed E-state index contributed by atoms with van der Waals surface area (Å²) in [6.45, 7) is 0.800. The van der Waals surface area contributed by atoms with Crippen molar-refractivity contribution in [3.63, 3.8) is 0 Å². The molecule has 1 aliphatic heterocycles. The van der Waals surface area contributed by atoms with E-state index in [0.29, 0.717) is 0 Å². The molecule has 8 rings (SSSR count). The first-order chi connectivity index (χ1) is 20.7. The molecule has 1 aliphatic rings. The van der Waals surface area contributed by atoms with Gasteiger partial charge in [-0.25, -0.2) is 0 Å². The minimum atomic E-state index is 0.800. The Morgan fingerprint density at radius 3 is 2.14 bits per heavy atom. The molecule has 0 saturated heterocycles. The minimum Gasteiger partial charge on any atom is -0.386 e. The quantitative estimate of drug-likeness (QED) is 0.243. The second-order valence-corrected chi connectivity index (χ2v) is 10.9. The van der Waals surface area contributed by atoms with Gasteiger partial charge < -0.3 is 9.88 Å². The summed E-state index contributed by atoms with van der Waals surface area (Å²) in [5.41, 5.74) is 12.1. The number of hydrogen-bond donors (Lipinski definition) is 1. The third-order valence-corrected chi connectivity index (χ3v) is 8.45. The van der Waals surface area contributed by atoms with Crippen molar-refractivity contribution in [2.75, 3.05) is 6.54 Å². The van der Waals surface area contributed by atoms with Crippen molar-refractivity contribution in [3.8, 4) is 22.3 Å². The summed E-state index contributed by atoms with van der Waals surface area (Å²) in [6.07, 6.45) is 11.7. The molecule has 42 heavy (non-hydrogen) atoms. The predicted molar refractivity (Wildman–Crippen MR) is 175 cm³/mol. The van der Waals surface area contributed by atoms with Crippen LogP contribution < -0.4 is 5.32 Å². The third kappa shape index (κ3) is 4.08. The van der Waals surface area contributed by atoms with E-state index in [1.54, 1.807) is 0 Å². The number of aromatic nitrogens is 3. The van der Waals surface area contributed by atoms with E-state index in [1.165, 1.54) is 66.0 Å². The smallest absolute Gasteiger partial charge is 0.0568 e. The van der Waals surface area contributed by atoms with Crippen LogP contribution in [-0.2, 0) is 7.05 Å². The van der Waals surface area contributed by atoms with Crippen LogP contribution in [-0.4, -0.2) is 21.1 Å². The zero-order valence-electron chi connectivity index (χ0n) is 23.3. The van der Waals surface area contributed by atoms with Gasteiger partial charge in [0, 0.05) is 71.8 Å². The second kappa shape index (κ2) is 9.86. The number of benzene rings is 4. The van der Waals surface area contributed by atoms with E-state index in [1.807, 2.05) is 43.0 Å². The highest BCUT2D eigenvalue weighted by molar-refractivity contribution is 6.18. The first-order valence-corrected chi connectivity index (χ1v) is 14.2. The largest absolute Gasteiger partial charge is 0.386 e. The number of allylic oxidation sites excluding steroid dienone is 2. The number of hydrogen-bond acceptors (Lipinski definition) is 3. The van der Waals surface area contributed by atoms with E-state index in [4.69, 9.17) is 0 Å². The fourth-order valence-electron chi connectivity index (χ4n) is 6.27. The van der Waals surface area contributed by atoms with Gasteiger partial charge in [-0.1, -0.05) is 66.7 Å². The molecule has 4 aromatic carbocycles. The summed E-state index contributed by atoms with van der Waals surface area (Å²) in [4.78, 5) is 8.43. The van der Waals surface area contributed by atoms with Crippen molar-refractivity contribution in [1.82, 2.24) is 19.9 Å². The maximum atomic E-state index is 4.29. The second-order valence-electron chi connectivity index (χ2n) is 10.9. The zero-order valence-corrected chi connectivity index (χ0v) is 23.3. The molecule has 3 aromatic heterocycles. The third-order valence-electron chi connectivity index (χ3n) is 8.45. The molecule has 0 spiro atoms. The van der Waals surface area contributed by atoms with Gasteiger partial charge in [0.25, 0.3) is 0 Å². The van der Waals surface area contributed by atoms with Gasteiger partial charge in [0.2, 0.25) is 0 Å². The van der Waals surface area contributed by atoms with Gasteiger partial charge in [-0.15, -0.1) is 0 Å². The molecule has 4 heteroatoms. The van der Waals surface area contributed by atoms with E-state index in [0.717, 1.165) is 17.7 Å². The summed E-state index contributed by atoms with van der Waals surface area (Å²) in [5.74, 6) is 0. The Hall–Kier alpha value is -5.48. The lowest BCUT2D eigenvalue weighted by Gasteiger charge is -2.16. The standard InChI is InChI=1S/C38H28N4/c1-42-37-21-29(32-20-33(24-41-23-32)31-3-2-16-40-22-31)9-12-35(37)36-13-10-30-19-28(8-11-34(30)38(36)42)26-6-4-25(5-7-26)27-14-17-39-18-15-27/h2-22,24,41H,23H2,1H3. The van der Waals surface area contributed by atoms with Crippen LogP contribution in [0.25, 0.3) is 66.0 Å². The molecule has 0 fully saturated rings. The van der Waals surface area contributed by atoms with E-state index in [9.17, 15) is 0 Å². The molecule has 200 valence electrons. The van der Waals surface area contributed by atoms with Gasteiger partial charge in [0.05, 0.1) is 5.52 Å². The van der Waals surface area contributed by atoms with Crippen molar-refractivity contribution in [2.24, 2.45) is 7.05 Å². The number of fused-ring (bicyclic) bond motifs is 5. The number of rotatable bonds is 4. The number of pyridine rings is 2. The summed E-state index contributed by atoms with van der Waals surface area (Å²) >= 11 is 0. The molecular formula is C38H28N4. The predicted octanol–water partition coefficient (Wildman–Crippen LogP) is 8.64. The van der Waals surface area contributed by atoms with Gasteiger partial charge in [-0.2, -0.15) is 0 Å². The van der Waals surface area contributed by atoms with Crippen LogP contribution in [0, 0.1) is 0 Å². The highest BCUT2D eigenvalue weighted by atomic mass is 14.9. The molecule has 0 saturated carbocycles. The summed E-state index contributed by atoms with van der Waals surface area (Å²) in [7, 11) is 2.19. The lowest BCUT2D eigenvalue weighted by Crippen LogP contribution is -2.14. The number of nitrogens with one attached hydrogen (secondary N) is 1. The zero-order chi connectivity index (χ0) is 28.0. The lowest BCUT2D eigenvalue weighted by atomic mass is 9.96. The average Bonchev–Trinajstić information content (AvgIpc) is 3.36. The van der Waals surface area contributed by atoms with Gasteiger partial charge in [-0.05, 0) is 80.8 Å². The fourth-order valence-corrected chi connectivity index (χ4v) is 6.27. The molecule has 4 heterocycles. The van der Waals surface area contributed by atoms with E-state index in [-0.39, 0.29) is 0 Å². The summed E-state index contributed by atoms with van der Waals surface area (Å²) < 4.78 is 2.36. The van der Waals surface area contributed by atoms with Gasteiger partial charge in [0.15, 0.2) is 0 Å². The monoisotopic (exact) mass is 540 g/mol. The highest BCUT2D eigenvalue weighted by Gasteiger charge is 2.15. The normalized spacial score (nSPS) is 13.3. The van der Waals surface area contributed by atoms with Gasteiger partial charge in [0.1, 0.15) is 0 Å². The molecule has 0 unspecified atom stereocenters. The molecule has 7 aromatic rings. The van der Waals surface area contributed by atoms with E-state index >= 15 is 0 Å². The molecule has 1 N–H and O–H groups in total. The van der Waals surface area contributed by atoms with Crippen LogP contribution in [0.5, 0.6) is 0 Å². The molecule has 0 aliphatic carbocycles. The SMILES string of the molecule is Cn1c2cc(C3=CC(c4cccnc4)=CNC3)ccc2c2ccc3cc(-c4ccc(-c5ccncc5)cc4)ccc3c21. The van der Waals surface area contributed by atoms with Crippen LogP contribution in [0.2, 0.25) is 0 Å². The molecule has 0 bridgehead atoms. The Balaban J connectivity index is 1.18. The Kier molecular flexibility index (Phi) is 5.71. The lowest BCUT2D eigenvalue weighted by molar-refractivity contribution is 0.988. The Morgan fingerprint density at radius 1 is 0.619 bits per heavy atom. The molecule has 4 nitrogen and oxygen atoms in total. The van der Waals surface area contributed by atoms with Crippen molar-refractivity contribution < 1.29 is 0 Å². The summed E-state index contributed by atoms with van der Waals surface area (Å²) in [6, 6.07) is 35.2. The Morgan fingerprint density at radius 2 is 1.33 bits per heavy atom. The number of aryl methyl sites for hydroxylation is 1. The summed E-state index contributed by atoms with van der Waals surface area (Å²) in [5, 5.41) is 8.54. The maximum Gasteiger partial charge on any atom is 0.0568 e. The van der Waals surface area contributed by atoms with Crippen LogP contribution in [0.3, 0.4) is 0 Å². The minimum absolute atomic E-state index is 0.800. The van der Waals surface area contributed by atoms with Crippen LogP contribution >= 0.6 is 0 Å². The van der Waals surface area contributed by atoms with Crippen molar-refractivity contribution in [3.05, 3.63) is 145 Å². The Bertz CT molecular complexity index is 2170. The fraction of sp³-hybridized carbons (Fsp3) is 0.0526. The number of dihydropyridines is 1. The molecule has 0 atom stereocenters. The first kappa shape index (κ1) is 24.3. The van der Waals surface area contributed by atoms with Crippen molar-refractivity contribution >= 4 is 43.7 Å². The van der Waals surface area contributed by atoms with Crippen molar-refractivity contribution in [1.29, 1.82) is 0 Å². The maximum absolute atomic E-state index is 4.29. The average molecular weight is 541 g/mol. The molecule has 0 radical (unpaired) electrons. The first-order valence-electron chi connectivity index (χ1n) is 14.2. The van der Waals surface area contributed by atoms with Crippen molar-refractivity contribution in [2.45, 2.75) is 0 Å². The highest BCUT2D eigenvalue weighted by Crippen LogP contribution is 2.37. The van der Waals surface area contributed by atoms with E-state index in [2.05, 4.69) is 118 Å². The Labute approximate surface area is 244 Å². The van der Waals surface area contributed by atoms with Crippen LogP contribution in [0.15, 0.2) is 134 Å². The van der Waals surface area contributed by atoms with Gasteiger partial charge in [-0.3, -0.25) is 9.97 Å². The van der Waals surface area contributed by atoms with Gasteiger partial charge >= 0.3 is 0 Å². The van der Waals surface area contributed by atoms with E-state index < -0.39 is 0 Å². The van der Waals surface area contributed by atoms with Crippen LogP contribution in [0.4, 0.5) is 0 Å². The molecule has 0 amide bonds.